The van der Waals surface area contributed by atoms with Crippen LogP contribution in [-0.4, -0.2) is 64.7 Å². The van der Waals surface area contributed by atoms with Crippen LogP contribution in [0.1, 0.15) is 33.6 Å². The maximum atomic E-state index is 10.8. The van der Waals surface area contributed by atoms with Crippen LogP contribution < -0.4 is 16.0 Å². The zero-order valence-electron chi connectivity index (χ0n) is 15.1. The lowest BCUT2D eigenvalue weighted by atomic mass is 10.3. The molecule has 9 nitrogen and oxygen atoms in total. The standard InChI is InChI=1S/C10H20N2O4.C5H11NO2/c1-3-12-10(14)16-8-7-15-6-4-5-9(13)11-2;1-3-6-5(7)8-4-2/h3-8H2,1-2H3,(H,11,13)(H,12,14);3-4H2,1-2H3,(H,6,7). The lowest BCUT2D eigenvalue weighted by Crippen LogP contribution is -2.25. The Morgan fingerprint density at radius 1 is 0.833 bits per heavy atom. The molecule has 0 saturated carbocycles. The Labute approximate surface area is 143 Å². The van der Waals surface area contributed by atoms with Gasteiger partial charge in [0.25, 0.3) is 0 Å². The lowest BCUT2D eigenvalue weighted by Gasteiger charge is -2.06. The number of amides is 3. The average molecular weight is 349 g/mol. The summed E-state index contributed by atoms with van der Waals surface area (Å²) in [6.45, 7) is 8.11. The average Bonchev–Trinajstić information content (AvgIpc) is 2.55. The number of hydrogen-bond donors (Lipinski definition) is 3. The topological polar surface area (TPSA) is 115 Å². The Morgan fingerprint density at radius 3 is 1.92 bits per heavy atom. The number of carbonyl (C=O) groups excluding carboxylic acids is 3. The van der Waals surface area contributed by atoms with Crippen molar-refractivity contribution in [1.82, 2.24) is 16.0 Å². The largest absolute Gasteiger partial charge is 0.450 e. The Morgan fingerprint density at radius 2 is 1.42 bits per heavy atom. The van der Waals surface area contributed by atoms with Crippen LogP contribution in [0.3, 0.4) is 0 Å². The van der Waals surface area contributed by atoms with Gasteiger partial charge in [-0.15, -0.1) is 0 Å². The first-order chi connectivity index (χ1) is 11.5. The van der Waals surface area contributed by atoms with E-state index < -0.39 is 6.09 Å². The smallest absolute Gasteiger partial charge is 0.407 e. The first kappa shape index (κ1) is 24.2. The molecule has 24 heavy (non-hydrogen) atoms. The van der Waals surface area contributed by atoms with E-state index in [1.54, 1.807) is 14.0 Å². The van der Waals surface area contributed by atoms with Crippen molar-refractivity contribution in [3.05, 3.63) is 0 Å². The van der Waals surface area contributed by atoms with Gasteiger partial charge < -0.3 is 30.2 Å². The summed E-state index contributed by atoms with van der Waals surface area (Å²) in [5, 5.41) is 7.51. The molecule has 0 aromatic carbocycles. The van der Waals surface area contributed by atoms with E-state index in [1.165, 1.54) is 0 Å². The van der Waals surface area contributed by atoms with Gasteiger partial charge in [-0.05, 0) is 27.2 Å². The van der Waals surface area contributed by atoms with Crippen molar-refractivity contribution in [1.29, 1.82) is 0 Å². The Kier molecular flexibility index (Phi) is 19.2. The van der Waals surface area contributed by atoms with E-state index in [0.717, 1.165) is 0 Å². The van der Waals surface area contributed by atoms with E-state index in [9.17, 15) is 14.4 Å². The van der Waals surface area contributed by atoms with Gasteiger partial charge in [0.1, 0.15) is 6.61 Å². The number of alkyl carbamates (subject to hydrolysis) is 2. The number of ether oxygens (including phenoxy) is 3. The molecule has 0 atom stereocenters. The molecule has 3 amide bonds. The summed E-state index contributed by atoms with van der Waals surface area (Å²) < 4.78 is 14.5. The van der Waals surface area contributed by atoms with Crippen molar-refractivity contribution in [3.8, 4) is 0 Å². The third-order valence-electron chi connectivity index (χ3n) is 2.35. The Hall–Kier alpha value is -2.03. The molecule has 0 aliphatic heterocycles. The van der Waals surface area contributed by atoms with Crippen molar-refractivity contribution in [2.75, 3.05) is 46.6 Å². The maximum Gasteiger partial charge on any atom is 0.407 e. The molecular weight excluding hydrogens is 318 g/mol. The van der Waals surface area contributed by atoms with Crippen LogP contribution in [0, 0.1) is 0 Å². The van der Waals surface area contributed by atoms with Crippen LogP contribution in [-0.2, 0) is 19.0 Å². The van der Waals surface area contributed by atoms with Crippen LogP contribution in [0.25, 0.3) is 0 Å². The Balaban J connectivity index is 0. The third-order valence-corrected chi connectivity index (χ3v) is 2.35. The SMILES string of the molecule is CCNC(=O)OCC.CCNC(=O)OCCOCCCC(=O)NC. The molecule has 0 rings (SSSR count). The molecule has 0 aromatic heterocycles. The van der Waals surface area contributed by atoms with Gasteiger partial charge in [0.05, 0.1) is 13.2 Å². The molecule has 0 fully saturated rings. The number of nitrogens with one attached hydrogen (secondary N) is 3. The minimum atomic E-state index is -0.434. The van der Waals surface area contributed by atoms with E-state index in [4.69, 9.17) is 9.47 Å². The quantitative estimate of drug-likeness (QED) is 0.507. The minimum absolute atomic E-state index is 0.00201. The van der Waals surface area contributed by atoms with Gasteiger partial charge in [-0.3, -0.25) is 4.79 Å². The van der Waals surface area contributed by atoms with Crippen LogP contribution in [0.5, 0.6) is 0 Å². The van der Waals surface area contributed by atoms with Crippen LogP contribution >= 0.6 is 0 Å². The molecule has 142 valence electrons. The molecule has 0 saturated heterocycles. The van der Waals surface area contributed by atoms with Crippen molar-refractivity contribution in [2.24, 2.45) is 0 Å². The highest BCUT2D eigenvalue weighted by Crippen LogP contribution is 1.90. The molecule has 0 aliphatic carbocycles. The van der Waals surface area contributed by atoms with E-state index in [1.807, 2.05) is 13.8 Å². The number of rotatable bonds is 10. The second kappa shape index (κ2) is 19.0. The maximum absolute atomic E-state index is 10.8. The van der Waals surface area contributed by atoms with Gasteiger partial charge in [-0.25, -0.2) is 9.59 Å². The fourth-order valence-corrected chi connectivity index (χ4v) is 1.28. The van der Waals surface area contributed by atoms with Crippen LogP contribution in [0.4, 0.5) is 9.59 Å². The second-order valence-electron chi connectivity index (χ2n) is 4.31. The van der Waals surface area contributed by atoms with E-state index in [2.05, 4.69) is 20.7 Å². The predicted octanol–water partition coefficient (Wildman–Crippen LogP) is 1.03. The van der Waals surface area contributed by atoms with Crippen LogP contribution in [0.15, 0.2) is 0 Å². The summed E-state index contributed by atoms with van der Waals surface area (Å²) in [5.74, 6) is 0.00201. The molecule has 0 unspecified atom stereocenters. The van der Waals surface area contributed by atoms with E-state index in [0.29, 0.717) is 45.8 Å². The molecule has 0 radical (unpaired) electrons. The highest BCUT2D eigenvalue weighted by molar-refractivity contribution is 5.75. The third kappa shape index (κ3) is 20.0. The first-order valence-corrected chi connectivity index (χ1v) is 8.11. The summed E-state index contributed by atoms with van der Waals surface area (Å²) in [6, 6.07) is 0. The molecule has 0 aromatic rings. The lowest BCUT2D eigenvalue weighted by molar-refractivity contribution is -0.120. The summed E-state index contributed by atoms with van der Waals surface area (Å²) in [6.07, 6.45) is 0.348. The monoisotopic (exact) mass is 349 g/mol. The molecular formula is C15H31N3O6. The van der Waals surface area contributed by atoms with Gasteiger partial charge in [-0.1, -0.05) is 0 Å². The van der Waals surface area contributed by atoms with Gasteiger partial charge in [0, 0.05) is 33.2 Å². The zero-order valence-corrected chi connectivity index (χ0v) is 15.1. The molecule has 9 heteroatoms. The van der Waals surface area contributed by atoms with Gasteiger partial charge in [0.2, 0.25) is 5.91 Å². The number of carbonyl (C=O) groups is 3. The van der Waals surface area contributed by atoms with Crippen molar-refractivity contribution >= 4 is 18.1 Å². The van der Waals surface area contributed by atoms with Gasteiger partial charge >= 0.3 is 12.2 Å². The summed E-state index contributed by atoms with van der Waals surface area (Å²) in [4.78, 5) is 31.9. The normalized spacial score (nSPS) is 9.17. The van der Waals surface area contributed by atoms with E-state index >= 15 is 0 Å². The summed E-state index contributed by atoms with van der Waals surface area (Å²) in [5.41, 5.74) is 0. The van der Waals surface area contributed by atoms with Crippen molar-refractivity contribution < 1.29 is 28.6 Å². The molecule has 0 bridgehead atoms. The summed E-state index contributed by atoms with van der Waals surface area (Å²) in [7, 11) is 1.60. The highest BCUT2D eigenvalue weighted by atomic mass is 16.6. The summed E-state index contributed by atoms with van der Waals surface area (Å²) >= 11 is 0. The van der Waals surface area contributed by atoms with Crippen LogP contribution in [0.2, 0.25) is 0 Å². The molecule has 0 spiro atoms. The first-order valence-electron chi connectivity index (χ1n) is 8.11. The van der Waals surface area contributed by atoms with E-state index in [-0.39, 0.29) is 18.6 Å². The Bertz CT molecular complexity index is 331. The molecule has 0 heterocycles. The fourth-order valence-electron chi connectivity index (χ4n) is 1.28. The van der Waals surface area contributed by atoms with Crippen molar-refractivity contribution in [3.63, 3.8) is 0 Å². The molecule has 3 N–H and O–H groups in total. The zero-order chi connectivity index (χ0) is 18.6. The predicted molar refractivity (Wildman–Crippen MR) is 89.8 cm³/mol. The van der Waals surface area contributed by atoms with Crippen molar-refractivity contribution in [2.45, 2.75) is 33.6 Å². The highest BCUT2D eigenvalue weighted by Gasteiger charge is 1.99. The van der Waals surface area contributed by atoms with Gasteiger partial charge in [0.15, 0.2) is 0 Å². The molecule has 0 aliphatic rings. The van der Waals surface area contributed by atoms with Gasteiger partial charge in [-0.2, -0.15) is 0 Å². The minimum Gasteiger partial charge on any atom is -0.450 e. The number of hydrogen-bond acceptors (Lipinski definition) is 6. The second-order valence-corrected chi connectivity index (χ2v) is 4.31. The fraction of sp³-hybridized carbons (Fsp3) is 0.800.